The number of allylic oxidation sites excluding steroid dienone is 1. The molecular formula is C30H46O3. The summed E-state index contributed by atoms with van der Waals surface area (Å²) in [5.74, 6) is 2.07. The molecular weight excluding hydrogens is 408 g/mol. The third kappa shape index (κ3) is 2.69. The molecule has 0 aromatic carbocycles. The quantitative estimate of drug-likeness (QED) is 0.445. The topological polar surface area (TPSA) is 54.4 Å². The van der Waals surface area contributed by atoms with Gasteiger partial charge < -0.3 is 5.11 Å². The molecule has 0 saturated heterocycles. The van der Waals surface area contributed by atoms with Crippen molar-refractivity contribution < 1.29 is 14.7 Å². The zero-order valence-corrected chi connectivity index (χ0v) is 21.9. The van der Waals surface area contributed by atoms with Gasteiger partial charge in [0.05, 0.1) is 5.41 Å². The van der Waals surface area contributed by atoms with E-state index in [0.29, 0.717) is 29.5 Å². The summed E-state index contributed by atoms with van der Waals surface area (Å²) in [4.78, 5) is 25.7. The summed E-state index contributed by atoms with van der Waals surface area (Å²) in [5.41, 5.74) is 1.03. The molecule has 5 fully saturated rings. The molecule has 184 valence electrons. The fraction of sp³-hybridized carbons (Fsp3) is 0.867. The second-order valence-corrected chi connectivity index (χ2v) is 14.3. The smallest absolute Gasteiger partial charge is 0.309 e. The second-order valence-electron chi connectivity index (χ2n) is 14.3. The minimum atomic E-state index is -0.547. The zero-order chi connectivity index (χ0) is 24.2. The number of carbonyl (C=O) groups excluding carboxylic acids is 1. The summed E-state index contributed by atoms with van der Waals surface area (Å²) >= 11 is 0. The number of ketones is 1. The molecule has 0 radical (unpaired) electrons. The summed E-state index contributed by atoms with van der Waals surface area (Å²) in [5, 5.41) is 10.5. The lowest BCUT2D eigenvalue weighted by Gasteiger charge is -2.72. The molecule has 0 heterocycles. The summed E-state index contributed by atoms with van der Waals surface area (Å²) in [7, 11) is 0. The van der Waals surface area contributed by atoms with Gasteiger partial charge in [-0.15, -0.1) is 0 Å². The van der Waals surface area contributed by atoms with Gasteiger partial charge in [-0.05, 0) is 111 Å². The van der Waals surface area contributed by atoms with Crippen LogP contribution in [-0.4, -0.2) is 16.9 Å². The molecule has 5 aliphatic carbocycles. The Morgan fingerprint density at radius 1 is 0.879 bits per heavy atom. The lowest BCUT2D eigenvalue weighted by atomic mass is 9.32. The molecule has 5 saturated carbocycles. The number of rotatable bonds is 2. The van der Waals surface area contributed by atoms with Crippen molar-refractivity contribution in [2.24, 2.45) is 56.7 Å². The lowest BCUT2D eigenvalue weighted by molar-refractivity contribution is -0.235. The van der Waals surface area contributed by atoms with Crippen LogP contribution in [0.2, 0.25) is 0 Å². The molecule has 0 bridgehead atoms. The number of fused-ring (bicyclic) bond motifs is 7. The summed E-state index contributed by atoms with van der Waals surface area (Å²) < 4.78 is 0. The molecule has 3 nitrogen and oxygen atoms in total. The molecule has 9 atom stereocenters. The molecule has 33 heavy (non-hydrogen) atoms. The Balaban J connectivity index is 1.57. The van der Waals surface area contributed by atoms with Gasteiger partial charge in [-0.25, -0.2) is 0 Å². The molecule has 0 aliphatic heterocycles. The van der Waals surface area contributed by atoms with Crippen LogP contribution in [0.25, 0.3) is 0 Å². The highest BCUT2D eigenvalue weighted by atomic mass is 16.4. The third-order valence-electron chi connectivity index (χ3n) is 13.2. The first-order valence-corrected chi connectivity index (χ1v) is 13.7. The van der Waals surface area contributed by atoms with Crippen molar-refractivity contribution in [3.63, 3.8) is 0 Å². The first kappa shape index (κ1) is 23.6. The van der Waals surface area contributed by atoms with E-state index in [1.165, 1.54) is 18.4 Å². The van der Waals surface area contributed by atoms with Crippen molar-refractivity contribution >= 4 is 11.8 Å². The molecule has 0 aromatic heterocycles. The van der Waals surface area contributed by atoms with Crippen molar-refractivity contribution in [1.29, 1.82) is 0 Å². The van der Waals surface area contributed by atoms with Crippen LogP contribution < -0.4 is 0 Å². The van der Waals surface area contributed by atoms with Crippen LogP contribution in [0, 0.1) is 56.7 Å². The van der Waals surface area contributed by atoms with E-state index < -0.39 is 11.4 Å². The molecule has 1 N–H and O–H groups in total. The van der Waals surface area contributed by atoms with Crippen molar-refractivity contribution in [2.45, 2.75) is 106 Å². The van der Waals surface area contributed by atoms with E-state index >= 15 is 0 Å². The summed E-state index contributed by atoms with van der Waals surface area (Å²) in [6.45, 7) is 18.5. The highest BCUT2D eigenvalue weighted by molar-refractivity contribution is 5.85. The number of hydrogen-bond acceptors (Lipinski definition) is 2. The molecule has 0 spiro atoms. The maximum absolute atomic E-state index is 12.9. The van der Waals surface area contributed by atoms with Crippen LogP contribution >= 0.6 is 0 Å². The first-order chi connectivity index (χ1) is 15.3. The van der Waals surface area contributed by atoms with Gasteiger partial charge in [-0.2, -0.15) is 0 Å². The Labute approximate surface area is 201 Å². The second kappa shape index (κ2) is 6.97. The van der Waals surface area contributed by atoms with Gasteiger partial charge in [0.1, 0.15) is 5.78 Å². The monoisotopic (exact) mass is 454 g/mol. The van der Waals surface area contributed by atoms with Crippen molar-refractivity contribution in [3.05, 3.63) is 12.2 Å². The average Bonchev–Trinajstić information content (AvgIpc) is 3.13. The van der Waals surface area contributed by atoms with Crippen LogP contribution in [0.1, 0.15) is 106 Å². The van der Waals surface area contributed by atoms with E-state index in [9.17, 15) is 14.7 Å². The SMILES string of the molecule is C=C(C)C1CC[C@]2(C(=O)O)CC[C@]3(C)[C@H](CC[C@@H]4[C@@]5(C)CCC(=O)C(C)(C)[C@@H]5CC[C@]43C)[C@@H]12. The van der Waals surface area contributed by atoms with Crippen LogP contribution in [0.3, 0.4) is 0 Å². The van der Waals surface area contributed by atoms with Crippen LogP contribution in [-0.2, 0) is 9.59 Å². The Kier molecular flexibility index (Phi) is 4.99. The van der Waals surface area contributed by atoms with E-state index in [0.717, 1.165) is 51.4 Å². The van der Waals surface area contributed by atoms with E-state index in [4.69, 9.17) is 0 Å². The lowest BCUT2D eigenvalue weighted by Crippen LogP contribution is -2.66. The van der Waals surface area contributed by atoms with Crippen molar-refractivity contribution in [1.82, 2.24) is 0 Å². The number of Topliss-reactive ketones (excluding diaryl/α,β-unsaturated/α-hetero) is 1. The predicted octanol–water partition coefficient (Wildman–Crippen LogP) is 7.30. The predicted molar refractivity (Wildman–Crippen MR) is 132 cm³/mol. The molecule has 1 unspecified atom stereocenters. The maximum atomic E-state index is 12.9. The Morgan fingerprint density at radius 3 is 2.21 bits per heavy atom. The van der Waals surface area contributed by atoms with Gasteiger partial charge in [-0.3, -0.25) is 9.59 Å². The third-order valence-corrected chi connectivity index (χ3v) is 13.2. The first-order valence-electron chi connectivity index (χ1n) is 13.7. The molecule has 0 amide bonds. The van der Waals surface area contributed by atoms with E-state index in [1.807, 2.05) is 0 Å². The van der Waals surface area contributed by atoms with Gasteiger partial charge in [0, 0.05) is 11.8 Å². The fourth-order valence-electron chi connectivity index (χ4n) is 11.3. The van der Waals surface area contributed by atoms with E-state index in [1.54, 1.807) is 0 Å². The maximum Gasteiger partial charge on any atom is 0.309 e. The van der Waals surface area contributed by atoms with Crippen LogP contribution in [0.4, 0.5) is 0 Å². The number of hydrogen-bond donors (Lipinski definition) is 1. The normalized spacial score (nSPS) is 52.8. The highest BCUT2D eigenvalue weighted by Gasteiger charge is 2.72. The van der Waals surface area contributed by atoms with Crippen LogP contribution in [0.5, 0.6) is 0 Å². The molecule has 3 heteroatoms. The Hall–Kier alpha value is -1.12. The zero-order valence-electron chi connectivity index (χ0n) is 21.9. The van der Waals surface area contributed by atoms with E-state index in [-0.39, 0.29) is 27.6 Å². The van der Waals surface area contributed by atoms with E-state index in [2.05, 4.69) is 48.1 Å². The standard InChI is InChI=1S/C30H46O3/c1-18(2)19-10-15-30(25(32)33)17-16-28(6)20(24(19)30)8-9-22-27(5)13-12-23(31)26(3,4)21(27)11-14-29(22,28)7/h19-22,24H,1,8-17H2,2-7H3,(H,32,33)/t19?,20-,21+,22-,24-,27+,28-,29-,30+/m1/s1. The largest absolute Gasteiger partial charge is 0.481 e. The highest BCUT2D eigenvalue weighted by Crippen LogP contribution is 2.77. The number of aliphatic carboxylic acids is 1. The van der Waals surface area contributed by atoms with Gasteiger partial charge in [-0.1, -0.05) is 46.8 Å². The molecule has 5 rings (SSSR count). The molecule has 5 aliphatic rings. The minimum Gasteiger partial charge on any atom is -0.481 e. The molecule has 0 aromatic rings. The summed E-state index contributed by atoms with van der Waals surface area (Å²) in [6.07, 6.45) is 10.1. The van der Waals surface area contributed by atoms with Crippen LogP contribution in [0.15, 0.2) is 12.2 Å². The van der Waals surface area contributed by atoms with Gasteiger partial charge >= 0.3 is 5.97 Å². The Bertz CT molecular complexity index is 902. The Morgan fingerprint density at radius 2 is 1.58 bits per heavy atom. The summed E-state index contributed by atoms with van der Waals surface area (Å²) in [6, 6.07) is 0. The van der Waals surface area contributed by atoms with Crippen molar-refractivity contribution in [2.75, 3.05) is 0 Å². The number of carboxylic acids is 1. The number of carbonyl (C=O) groups is 2. The number of carboxylic acid groups (broad SMARTS) is 1. The average molecular weight is 455 g/mol. The minimum absolute atomic E-state index is 0.164. The van der Waals surface area contributed by atoms with Crippen molar-refractivity contribution in [3.8, 4) is 0 Å². The van der Waals surface area contributed by atoms with Gasteiger partial charge in [0.15, 0.2) is 0 Å². The fourth-order valence-corrected chi connectivity index (χ4v) is 11.3. The van der Waals surface area contributed by atoms with Gasteiger partial charge in [0.2, 0.25) is 0 Å². The van der Waals surface area contributed by atoms with Gasteiger partial charge in [0.25, 0.3) is 0 Å².